The SMILES string of the molecule is CN(C)CC(O)COc1ccc(N(c2ncc3n[nH]nc3n2)c2ccccc2C2CCCCC2)cc1. The zero-order valence-corrected chi connectivity index (χ0v) is 20.8. The molecule has 1 aliphatic carbocycles. The minimum atomic E-state index is -0.555. The smallest absolute Gasteiger partial charge is 0.236 e. The van der Waals surface area contributed by atoms with Crippen LogP contribution in [0.25, 0.3) is 11.2 Å². The molecule has 9 heteroatoms. The molecule has 1 saturated carbocycles. The van der Waals surface area contributed by atoms with Crippen LogP contribution in [0, 0.1) is 0 Å². The number of fused-ring (bicyclic) bond motifs is 1. The van der Waals surface area contributed by atoms with Gasteiger partial charge in [0.2, 0.25) is 11.6 Å². The van der Waals surface area contributed by atoms with Crippen LogP contribution in [0.1, 0.15) is 43.6 Å². The van der Waals surface area contributed by atoms with Crippen LogP contribution in [0.4, 0.5) is 17.3 Å². The molecule has 2 aromatic carbocycles. The third kappa shape index (κ3) is 5.47. The van der Waals surface area contributed by atoms with Crippen LogP contribution < -0.4 is 9.64 Å². The molecule has 9 nitrogen and oxygen atoms in total. The number of anilines is 3. The fraction of sp³-hybridized carbons (Fsp3) is 0.407. The Morgan fingerprint density at radius 2 is 1.81 bits per heavy atom. The first-order valence-electron chi connectivity index (χ1n) is 12.6. The molecular weight excluding hydrogens is 454 g/mol. The number of likely N-dealkylation sites (N-methyl/N-ethyl adjacent to an activating group) is 1. The summed E-state index contributed by atoms with van der Waals surface area (Å²) >= 11 is 0. The van der Waals surface area contributed by atoms with Crippen molar-refractivity contribution >= 4 is 28.5 Å². The Kier molecular flexibility index (Phi) is 7.39. The van der Waals surface area contributed by atoms with Gasteiger partial charge in [0.25, 0.3) is 0 Å². The summed E-state index contributed by atoms with van der Waals surface area (Å²) in [5.41, 5.74) is 4.45. The molecule has 1 unspecified atom stereocenters. The normalized spacial score (nSPS) is 15.3. The number of para-hydroxylation sites is 1. The van der Waals surface area contributed by atoms with E-state index in [9.17, 15) is 5.11 Å². The van der Waals surface area contributed by atoms with Gasteiger partial charge in [-0.05, 0) is 68.8 Å². The van der Waals surface area contributed by atoms with Crippen molar-refractivity contribution in [1.29, 1.82) is 0 Å². The van der Waals surface area contributed by atoms with Gasteiger partial charge in [0.15, 0.2) is 0 Å². The monoisotopic (exact) mass is 487 g/mol. The Balaban J connectivity index is 1.49. The van der Waals surface area contributed by atoms with Gasteiger partial charge < -0.3 is 14.7 Å². The van der Waals surface area contributed by atoms with Crippen LogP contribution in [-0.2, 0) is 0 Å². The van der Waals surface area contributed by atoms with E-state index in [4.69, 9.17) is 9.72 Å². The average molecular weight is 488 g/mol. The number of aliphatic hydroxyl groups excluding tert-OH is 1. The summed E-state index contributed by atoms with van der Waals surface area (Å²) in [6.45, 7) is 0.781. The molecule has 0 bridgehead atoms. The Morgan fingerprint density at radius 3 is 2.58 bits per heavy atom. The molecule has 36 heavy (non-hydrogen) atoms. The Hall–Kier alpha value is -3.56. The molecule has 188 valence electrons. The summed E-state index contributed by atoms with van der Waals surface area (Å²) in [6, 6.07) is 16.4. The lowest BCUT2D eigenvalue weighted by atomic mass is 9.83. The lowest BCUT2D eigenvalue weighted by Gasteiger charge is -2.30. The second kappa shape index (κ2) is 11.0. The highest BCUT2D eigenvalue weighted by molar-refractivity contribution is 5.78. The van der Waals surface area contributed by atoms with Crippen LogP contribution >= 0.6 is 0 Å². The number of hydrogen-bond acceptors (Lipinski definition) is 8. The predicted octanol–water partition coefficient (Wildman–Crippen LogP) is 4.57. The summed E-state index contributed by atoms with van der Waals surface area (Å²) in [5, 5.41) is 21.0. The molecule has 2 aromatic heterocycles. The van der Waals surface area contributed by atoms with Crippen LogP contribution in [0.3, 0.4) is 0 Å². The van der Waals surface area contributed by atoms with Crippen molar-refractivity contribution in [1.82, 2.24) is 30.3 Å². The molecule has 1 aliphatic rings. The Labute approximate surface area is 211 Å². The van der Waals surface area contributed by atoms with E-state index < -0.39 is 6.10 Å². The Bertz CT molecular complexity index is 1270. The first kappa shape index (κ1) is 24.1. The van der Waals surface area contributed by atoms with Gasteiger partial charge >= 0.3 is 0 Å². The molecule has 0 radical (unpaired) electrons. The molecule has 2 heterocycles. The maximum atomic E-state index is 10.1. The number of aromatic amines is 1. The van der Waals surface area contributed by atoms with Crippen molar-refractivity contribution in [2.24, 2.45) is 0 Å². The standard InChI is InChI=1S/C27H33N7O2/c1-33(2)17-21(35)18-36-22-14-12-20(13-15-22)34(27-28-16-24-26(29-27)31-32-30-24)25-11-7-6-10-23(25)19-8-4-3-5-9-19/h6-7,10-16,19,21,35H,3-5,8-9,17-18H2,1-2H3,(H,28,29,30,31,32). The van der Waals surface area contributed by atoms with E-state index in [1.54, 1.807) is 6.20 Å². The van der Waals surface area contributed by atoms with Crippen LogP contribution in [0.2, 0.25) is 0 Å². The van der Waals surface area contributed by atoms with E-state index in [1.807, 2.05) is 43.3 Å². The largest absolute Gasteiger partial charge is 0.491 e. The molecule has 5 rings (SSSR count). The number of ether oxygens (including phenoxy) is 1. The molecule has 4 aromatic rings. The Morgan fingerprint density at radius 1 is 1.03 bits per heavy atom. The molecule has 1 fully saturated rings. The third-order valence-corrected chi connectivity index (χ3v) is 6.60. The first-order chi connectivity index (χ1) is 17.6. The molecule has 0 spiro atoms. The summed E-state index contributed by atoms with van der Waals surface area (Å²) < 4.78 is 5.83. The molecule has 0 saturated heterocycles. The van der Waals surface area contributed by atoms with E-state index in [-0.39, 0.29) is 6.61 Å². The summed E-state index contributed by atoms with van der Waals surface area (Å²) in [7, 11) is 3.85. The summed E-state index contributed by atoms with van der Waals surface area (Å²) in [4.78, 5) is 13.4. The quantitative estimate of drug-likeness (QED) is 0.354. The lowest BCUT2D eigenvalue weighted by molar-refractivity contribution is 0.0831. The molecular formula is C27H33N7O2. The number of benzene rings is 2. The minimum Gasteiger partial charge on any atom is -0.491 e. The van der Waals surface area contributed by atoms with Crippen molar-refractivity contribution in [2.45, 2.75) is 44.1 Å². The van der Waals surface area contributed by atoms with Crippen molar-refractivity contribution < 1.29 is 9.84 Å². The third-order valence-electron chi connectivity index (χ3n) is 6.60. The number of aromatic nitrogens is 5. The predicted molar refractivity (Wildman–Crippen MR) is 140 cm³/mol. The summed E-state index contributed by atoms with van der Waals surface area (Å²) in [5.74, 6) is 1.74. The topological polar surface area (TPSA) is 103 Å². The van der Waals surface area contributed by atoms with Gasteiger partial charge in [-0.15, -0.1) is 5.10 Å². The number of H-pyrrole nitrogens is 1. The zero-order chi connectivity index (χ0) is 24.9. The van der Waals surface area contributed by atoms with Crippen LogP contribution in [0.5, 0.6) is 5.75 Å². The second-order valence-electron chi connectivity index (χ2n) is 9.65. The number of aliphatic hydroxyl groups is 1. The van der Waals surface area contributed by atoms with Gasteiger partial charge in [-0.1, -0.05) is 37.5 Å². The van der Waals surface area contributed by atoms with E-state index in [2.05, 4.69) is 49.6 Å². The molecule has 0 amide bonds. The minimum absolute atomic E-state index is 0.234. The van der Waals surface area contributed by atoms with E-state index >= 15 is 0 Å². The van der Waals surface area contributed by atoms with Crippen molar-refractivity contribution in [3.8, 4) is 5.75 Å². The average Bonchev–Trinajstić information content (AvgIpc) is 3.37. The fourth-order valence-electron chi connectivity index (χ4n) is 4.92. The number of hydrogen-bond donors (Lipinski definition) is 2. The van der Waals surface area contributed by atoms with Crippen molar-refractivity contribution in [2.75, 3.05) is 32.1 Å². The molecule has 0 aliphatic heterocycles. The van der Waals surface area contributed by atoms with E-state index in [0.29, 0.717) is 35.3 Å². The number of nitrogens with zero attached hydrogens (tertiary/aromatic N) is 6. The maximum absolute atomic E-state index is 10.1. The van der Waals surface area contributed by atoms with Crippen molar-refractivity contribution in [3.63, 3.8) is 0 Å². The van der Waals surface area contributed by atoms with E-state index in [1.165, 1.54) is 37.7 Å². The number of nitrogens with one attached hydrogen (secondary N) is 1. The highest BCUT2D eigenvalue weighted by Crippen LogP contribution is 2.42. The van der Waals surface area contributed by atoms with Gasteiger partial charge in [0, 0.05) is 12.2 Å². The zero-order valence-electron chi connectivity index (χ0n) is 20.8. The van der Waals surface area contributed by atoms with Crippen LogP contribution in [0.15, 0.2) is 54.7 Å². The van der Waals surface area contributed by atoms with Crippen molar-refractivity contribution in [3.05, 3.63) is 60.3 Å². The highest BCUT2D eigenvalue weighted by Gasteiger charge is 2.24. The maximum Gasteiger partial charge on any atom is 0.236 e. The van der Waals surface area contributed by atoms with Gasteiger partial charge in [-0.25, -0.2) is 4.98 Å². The van der Waals surface area contributed by atoms with Gasteiger partial charge in [0.05, 0.1) is 11.9 Å². The van der Waals surface area contributed by atoms with E-state index in [0.717, 1.165) is 11.4 Å². The summed E-state index contributed by atoms with van der Waals surface area (Å²) in [6.07, 6.45) is 7.34. The van der Waals surface area contributed by atoms with Crippen LogP contribution in [-0.4, -0.2) is 68.7 Å². The molecule has 1 atom stereocenters. The second-order valence-corrected chi connectivity index (χ2v) is 9.65. The first-order valence-corrected chi connectivity index (χ1v) is 12.6. The highest BCUT2D eigenvalue weighted by atomic mass is 16.5. The molecule has 2 N–H and O–H groups in total. The van der Waals surface area contributed by atoms with Gasteiger partial charge in [-0.3, -0.25) is 4.90 Å². The van der Waals surface area contributed by atoms with Gasteiger partial charge in [-0.2, -0.15) is 15.3 Å². The fourth-order valence-corrected chi connectivity index (χ4v) is 4.92. The lowest BCUT2D eigenvalue weighted by Crippen LogP contribution is -2.30. The van der Waals surface area contributed by atoms with Gasteiger partial charge in [0.1, 0.15) is 24.0 Å². The number of rotatable bonds is 9.